The number of carbonyl (C=O) groups excluding carboxylic acids is 1. The molecule has 0 saturated carbocycles. The maximum Gasteiger partial charge on any atom is 0.224 e. The number of nitrogens with one attached hydrogen (secondary N) is 1. The first-order valence-corrected chi connectivity index (χ1v) is 6.96. The van der Waals surface area contributed by atoms with Crippen LogP contribution in [-0.2, 0) is 17.6 Å². The average molecular weight is 284 g/mol. The van der Waals surface area contributed by atoms with Gasteiger partial charge in [-0.25, -0.2) is 0 Å². The number of nitrogen functional groups attached to an aromatic ring is 1. The lowest BCUT2D eigenvalue weighted by Crippen LogP contribution is -2.39. The van der Waals surface area contributed by atoms with Crippen LogP contribution in [0.15, 0.2) is 54.6 Å². The lowest BCUT2D eigenvalue weighted by molar-refractivity contribution is -0.121. The molecule has 0 aliphatic heterocycles. The van der Waals surface area contributed by atoms with E-state index in [0.717, 1.165) is 11.1 Å². The number of carbonyl (C=O) groups is 1. The molecule has 1 amide bonds. The van der Waals surface area contributed by atoms with Crippen LogP contribution in [0.3, 0.4) is 0 Å². The van der Waals surface area contributed by atoms with Crippen LogP contribution in [0.4, 0.5) is 5.69 Å². The van der Waals surface area contributed by atoms with Crippen molar-refractivity contribution >= 4 is 11.6 Å². The van der Waals surface area contributed by atoms with Crippen LogP contribution in [0, 0.1) is 0 Å². The van der Waals surface area contributed by atoms with Gasteiger partial charge in [0, 0.05) is 5.69 Å². The smallest absolute Gasteiger partial charge is 0.224 e. The highest BCUT2D eigenvalue weighted by Gasteiger charge is 2.12. The molecule has 0 spiro atoms. The van der Waals surface area contributed by atoms with E-state index in [1.54, 1.807) is 12.1 Å². The van der Waals surface area contributed by atoms with Gasteiger partial charge in [0.15, 0.2) is 0 Å². The van der Waals surface area contributed by atoms with E-state index < -0.39 is 0 Å². The normalized spacial score (nSPS) is 11.9. The van der Waals surface area contributed by atoms with Gasteiger partial charge in [-0.2, -0.15) is 0 Å². The largest absolute Gasteiger partial charge is 0.399 e. The summed E-state index contributed by atoms with van der Waals surface area (Å²) in [6, 6.07) is 16.7. The topological polar surface area (TPSA) is 75.4 Å². The Morgan fingerprint density at radius 3 is 2.33 bits per heavy atom. The lowest BCUT2D eigenvalue weighted by atomic mass is 10.1. The summed E-state index contributed by atoms with van der Waals surface area (Å²) in [7, 11) is 0. The van der Waals surface area contributed by atoms with Crippen molar-refractivity contribution in [2.75, 3.05) is 12.3 Å². The number of amides is 1. The molecular weight excluding hydrogens is 264 g/mol. The van der Waals surface area contributed by atoms with E-state index in [1.807, 2.05) is 42.5 Å². The standard InChI is InChI=1S/C17H20N2O2/c18-15-8-6-14(7-9-15)11-17(21)19-16(12-20)10-13-4-2-1-3-5-13/h1-9,16,20H,10-12,18H2,(H,19,21)/t16-/m1/s1. The molecule has 0 heterocycles. The minimum atomic E-state index is -0.270. The molecule has 0 aliphatic carbocycles. The number of hydrogen-bond donors (Lipinski definition) is 3. The number of aliphatic hydroxyl groups excluding tert-OH is 1. The van der Waals surface area contributed by atoms with Gasteiger partial charge in [-0.15, -0.1) is 0 Å². The third kappa shape index (κ3) is 4.93. The second-order valence-electron chi connectivity index (χ2n) is 5.06. The van der Waals surface area contributed by atoms with Gasteiger partial charge in [-0.05, 0) is 29.7 Å². The Hall–Kier alpha value is -2.33. The van der Waals surface area contributed by atoms with Gasteiger partial charge >= 0.3 is 0 Å². The number of nitrogens with two attached hydrogens (primary N) is 1. The van der Waals surface area contributed by atoms with Crippen LogP contribution in [0.1, 0.15) is 11.1 Å². The van der Waals surface area contributed by atoms with Gasteiger partial charge in [0.05, 0.1) is 19.1 Å². The maximum atomic E-state index is 12.0. The minimum absolute atomic E-state index is 0.0810. The van der Waals surface area contributed by atoms with Gasteiger partial charge in [-0.3, -0.25) is 4.79 Å². The van der Waals surface area contributed by atoms with Crippen molar-refractivity contribution in [1.29, 1.82) is 0 Å². The van der Waals surface area contributed by atoms with E-state index >= 15 is 0 Å². The van der Waals surface area contributed by atoms with E-state index in [1.165, 1.54) is 0 Å². The highest BCUT2D eigenvalue weighted by atomic mass is 16.3. The first kappa shape index (κ1) is 15.1. The van der Waals surface area contributed by atoms with E-state index in [2.05, 4.69) is 5.32 Å². The van der Waals surface area contributed by atoms with Crippen LogP contribution < -0.4 is 11.1 Å². The van der Waals surface area contributed by atoms with Crippen LogP contribution in [-0.4, -0.2) is 23.7 Å². The van der Waals surface area contributed by atoms with E-state index in [0.29, 0.717) is 12.1 Å². The molecule has 0 saturated heterocycles. The summed E-state index contributed by atoms with van der Waals surface area (Å²) in [5.41, 5.74) is 8.28. The number of rotatable bonds is 6. The van der Waals surface area contributed by atoms with Crippen molar-refractivity contribution in [3.05, 3.63) is 65.7 Å². The first-order chi connectivity index (χ1) is 10.2. The van der Waals surface area contributed by atoms with Crippen molar-refractivity contribution in [2.45, 2.75) is 18.9 Å². The quantitative estimate of drug-likeness (QED) is 0.704. The second-order valence-corrected chi connectivity index (χ2v) is 5.06. The monoisotopic (exact) mass is 284 g/mol. The highest BCUT2D eigenvalue weighted by molar-refractivity contribution is 5.79. The van der Waals surface area contributed by atoms with Crippen LogP contribution in [0.25, 0.3) is 0 Å². The lowest BCUT2D eigenvalue weighted by Gasteiger charge is -2.16. The van der Waals surface area contributed by atoms with Crippen molar-refractivity contribution in [3.63, 3.8) is 0 Å². The zero-order valence-corrected chi connectivity index (χ0v) is 11.8. The Morgan fingerprint density at radius 2 is 1.71 bits per heavy atom. The predicted octanol–water partition coefficient (Wildman–Crippen LogP) is 1.53. The SMILES string of the molecule is Nc1ccc(CC(=O)N[C@@H](CO)Cc2ccccc2)cc1. The summed E-state index contributed by atoms with van der Waals surface area (Å²) >= 11 is 0. The van der Waals surface area contributed by atoms with Crippen molar-refractivity contribution in [3.8, 4) is 0 Å². The second kappa shape index (κ2) is 7.45. The van der Waals surface area contributed by atoms with Crippen molar-refractivity contribution < 1.29 is 9.90 Å². The molecule has 2 aromatic rings. The molecule has 1 atom stereocenters. The summed E-state index contributed by atoms with van der Waals surface area (Å²) in [5.74, 6) is -0.102. The molecule has 0 fully saturated rings. The van der Waals surface area contributed by atoms with Gasteiger partial charge in [0.25, 0.3) is 0 Å². The molecule has 0 aliphatic rings. The van der Waals surface area contributed by atoms with Gasteiger partial charge in [0.2, 0.25) is 5.91 Å². The Kier molecular flexibility index (Phi) is 5.35. The summed E-state index contributed by atoms with van der Waals surface area (Å²) in [4.78, 5) is 12.0. The summed E-state index contributed by atoms with van der Waals surface area (Å²) in [5, 5.41) is 12.3. The molecule has 0 radical (unpaired) electrons. The predicted molar refractivity (Wildman–Crippen MR) is 83.7 cm³/mol. The molecule has 0 bridgehead atoms. The molecule has 4 heteroatoms. The van der Waals surface area contributed by atoms with E-state index in [9.17, 15) is 9.90 Å². The molecule has 2 aromatic carbocycles. The zero-order chi connectivity index (χ0) is 15.1. The maximum absolute atomic E-state index is 12.0. The van der Waals surface area contributed by atoms with E-state index in [-0.39, 0.29) is 25.0 Å². The Bertz CT molecular complexity index is 567. The third-order valence-corrected chi connectivity index (χ3v) is 3.25. The van der Waals surface area contributed by atoms with Gasteiger partial charge in [-0.1, -0.05) is 42.5 Å². The van der Waals surface area contributed by atoms with Crippen molar-refractivity contribution in [1.82, 2.24) is 5.32 Å². The highest BCUT2D eigenvalue weighted by Crippen LogP contribution is 2.07. The van der Waals surface area contributed by atoms with Gasteiger partial charge in [0.1, 0.15) is 0 Å². The molecule has 110 valence electrons. The summed E-state index contributed by atoms with van der Waals surface area (Å²) in [6.07, 6.45) is 0.899. The van der Waals surface area contributed by atoms with Crippen molar-refractivity contribution in [2.24, 2.45) is 0 Å². The molecule has 4 nitrogen and oxygen atoms in total. The molecular formula is C17H20N2O2. The molecule has 4 N–H and O–H groups in total. The summed E-state index contributed by atoms with van der Waals surface area (Å²) < 4.78 is 0. The fourth-order valence-electron chi connectivity index (χ4n) is 2.16. The number of anilines is 1. The Labute approximate surface area is 124 Å². The molecule has 0 unspecified atom stereocenters. The third-order valence-electron chi connectivity index (χ3n) is 3.25. The first-order valence-electron chi connectivity index (χ1n) is 6.96. The zero-order valence-electron chi connectivity index (χ0n) is 11.8. The average Bonchev–Trinajstić information content (AvgIpc) is 2.50. The molecule has 0 aromatic heterocycles. The van der Waals surface area contributed by atoms with Crippen LogP contribution in [0.5, 0.6) is 0 Å². The van der Waals surface area contributed by atoms with Gasteiger partial charge < -0.3 is 16.2 Å². The molecule has 21 heavy (non-hydrogen) atoms. The Balaban J connectivity index is 1.89. The van der Waals surface area contributed by atoms with Crippen LogP contribution in [0.2, 0.25) is 0 Å². The summed E-state index contributed by atoms with van der Waals surface area (Å²) in [6.45, 7) is -0.0810. The minimum Gasteiger partial charge on any atom is -0.399 e. The van der Waals surface area contributed by atoms with Crippen LogP contribution >= 0.6 is 0 Å². The molecule has 2 rings (SSSR count). The Morgan fingerprint density at radius 1 is 1.05 bits per heavy atom. The fourth-order valence-corrected chi connectivity index (χ4v) is 2.16. The number of hydrogen-bond acceptors (Lipinski definition) is 3. The number of benzene rings is 2. The number of aliphatic hydroxyl groups is 1. The van der Waals surface area contributed by atoms with E-state index in [4.69, 9.17) is 5.73 Å². The fraction of sp³-hybridized carbons (Fsp3) is 0.235.